The zero-order chi connectivity index (χ0) is 20.3. The lowest BCUT2D eigenvalue weighted by Crippen LogP contribution is -2.55. The standard InChI is InChI=1S/C16H22BN5O6/c18-6-11(23)5-10-7-22(21-20-10)8-14(24)19-13-4-9-2-1-3-12(16(25)26)15(9)28-17(13)27/h1-3,7,11,13,20-21,23,27H,4-6,8,18H2,(H,19,24)(H,25,26)/t11?,13-/m0/s1. The van der Waals surface area contributed by atoms with Gasteiger partial charge in [0.15, 0.2) is 0 Å². The van der Waals surface area contributed by atoms with Gasteiger partial charge in [-0.25, -0.2) is 4.79 Å². The maximum absolute atomic E-state index is 12.3. The van der Waals surface area contributed by atoms with Crippen LogP contribution < -0.4 is 26.7 Å². The number of nitrogens with zero attached hydrogens (tertiary/aromatic N) is 1. The van der Waals surface area contributed by atoms with Crippen molar-refractivity contribution in [2.24, 2.45) is 5.73 Å². The molecule has 2 heterocycles. The highest BCUT2D eigenvalue weighted by molar-refractivity contribution is 6.47. The molecule has 2 aliphatic heterocycles. The van der Waals surface area contributed by atoms with Crippen LogP contribution in [-0.4, -0.2) is 64.4 Å². The average molecular weight is 391 g/mol. The van der Waals surface area contributed by atoms with Gasteiger partial charge in [-0.15, -0.1) is 5.53 Å². The summed E-state index contributed by atoms with van der Waals surface area (Å²) in [5, 5.41) is 33.1. The van der Waals surface area contributed by atoms with Gasteiger partial charge in [-0.05, 0) is 18.1 Å². The fraction of sp³-hybridized carbons (Fsp3) is 0.375. The highest BCUT2D eigenvalue weighted by Crippen LogP contribution is 2.30. The molecule has 1 amide bonds. The smallest absolute Gasteiger partial charge is 0.534 e. The number of para-hydroxylation sites is 1. The van der Waals surface area contributed by atoms with E-state index in [0.29, 0.717) is 17.7 Å². The largest absolute Gasteiger partial charge is 0.547 e. The van der Waals surface area contributed by atoms with Crippen molar-refractivity contribution in [2.75, 3.05) is 13.1 Å². The molecule has 0 bridgehead atoms. The third kappa shape index (κ3) is 4.54. The van der Waals surface area contributed by atoms with E-state index in [9.17, 15) is 24.8 Å². The zero-order valence-corrected chi connectivity index (χ0v) is 15.0. The maximum atomic E-state index is 12.3. The quantitative estimate of drug-likeness (QED) is 0.251. The first kappa shape index (κ1) is 20.0. The van der Waals surface area contributed by atoms with Gasteiger partial charge in [-0.1, -0.05) is 12.1 Å². The van der Waals surface area contributed by atoms with Crippen molar-refractivity contribution in [3.8, 4) is 5.75 Å². The molecule has 0 radical (unpaired) electrons. The molecule has 0 aromatic heterocycles. The Labute approximate surface area is 161 Å². The molecule has 12 heteroatoms. The first-order chi connectivity index (χ1) is 13.4. The van der Waals surface area contributed by atoms with Gasteiger partial charge >= 0.3 is 13.1 Å². The Morgan fingerprint density at radius 1 is 1.46 bits per heavy atom. The van der Waals surface area contributed by atoms with Crippen molar-refractivity contribution in [3.05, 3.63) is 41.2 Å². The molecule has 2 aliphatic rings. The Bertz CT molecular complexity index is 791. The number of benzene rings is 1. The van der Waals surface area contributed by atoms with E-state index in [2.05, 4.69) is 16.3 Å². The van der Waals surface area contributed by atoms with Crippen LogP contribution in [0.2, 0.25) is 0 Å². The molecule has 0 aliphatic carbocycles. The molecule has 0 saturated carbocycles. The summed E-state index contributed by atoms with van der Waals surface area (Å²) < 4.78 is 5.35. The van der Waals surface area contributed by atoms with E-state index < -0.39 is 25.1 Å². The van der Waals surface area contributed by atoms with E-state index >= 15 is 0 Å². The molecule has 2 atom stereocenters. The molecule has 0 spiro atoms. The van der Waals surface area contributed by atoms with Crippen LogP contribution >= 0.6 is 0 Å². The number of carboxylic acid groups (broad SMARTS) is 1. The molecular formula is C16H22BN5O6. The topological polar surface area (TPSA) is 169 Å². The highest BCUT2D eigenvalue weighted by Gasteiger charge is 2.37. The minimum atomic E-state index is -1.37. The second-order valence-electron chi connectivity index (χ2n) is 6.60. The molecule has 1 aromatic carbocycles. The first-order valence-electron chi connectivity index (χ1n) is 8.73. The summed E-state index contributed by atoms with van der Waals surface area (Å²) in [5.41, 5.74) is 12.2. The fourth-order valence-corrected chi connectivity index (χ4v) is 3.05. The maximum Gasteiger partial charge on any atom is 0.547 e. The summed E-state index contributed by atoms with van der Waals surface area (Å²) in [5.74, 6) is -2.13. The van der Waals surface area contributed by atoms with Gasteiger partial charge in [0.2, 0.25) is 5.91 Å². The number of carbonyl (C=O) groups excluding carboxylic acids is 1. The predicted molar refractivity (Wildman–Crippen MR) is 98.4 cm³/mol. The zero-order valence-electron chi connectivity index (χ0n) is 15.0. The summed E-state index contributed by atoms with van der Waals surface area (Å²) in [6, 6.07) is 4.67. The van der Waals surface area contributed by atoms with Crippen molar-refractivity contribution in [1.82, 2.24) is 21.3 Å². The minimum Gasteiger partial charge on any atom is -0.534 e. The Morgan fingerprint density at radius 2 is 2.25 bits per heavy atom. The van der Waals surface area contributed by atoms with E-state index in [4.69, 9.17) is 10.4 Å². The van der Waals surface area contributed by atoms with E-state index in [-0.39, 0.29) is 36.7 Å². The number of aliphatic hydroxyl groups is 1. The SMILES string of the molecule is NCC(O)CC1=CN(CC(=O)N[C@H]2Cc3cccc(C(=O)O)c3OB2O)NN1. The predicted octanol–water partition coefficient (Wildman–Crippen LogP) is -2.30. The van der Waals surface area contributed by atoms with Gasteiger partial charge in [0.05, 0.1) is 17.6 Å². The van der Waals surface area contributed by atoms with Crippen molar-refractivity contribution in [1.29, 1.82) is 0 Å². The van der Waals surface area contributed by atoms with Gasteiger partial charge in [0, 0.05) is 24.9 Å². The van der Waals surface area contributed by atoms with Gasteiger partial charge in [-0.2, -0.15) is 0 Å². The second-order valence-corrected chi connectivity index (χ2v) is 6.60. The van der Waals surface area contributed by atoms with Crippen LogP contribution in [0, 0.1) is 0 Å². The molecule has 28 heavy (non-hydrogen) atoms. The summed E-state index contributed by atoms with van der Waals surface area (Å²) in [7, 11) is -1.37. The van der Waals surface area contributed by atoms with Gasteiger partial charge in [0.25, 0.3) is 0 Å². The van der Waals surface area contributed by atoms with E-state index in [1.54, 1.807) is 18.3 Å². The number of fused-ring (bicyclic) bond motifs is 1. The normalized spacial score (nSPS) is 19.2. The van der Waals surface area contributed by atoms with Crippen LogP contribution in [0.25, 0.3) is 0 Å². The van der Waals surface area contributed by atoms with Crippen LogP contribution in [0.1, 0.15) is 22.3 Å². The number of nitrogens with one attached hydrogen (secondary N) is 3. The number of nitrogens with two attached hydrogens (primary N) is 1. The molecule has 150 valence electrons. The van der Waals surface area contributed by atoms with Crippen molar-refractivity contribution < 1.29 is 29.5 Å². The number of carboxylic acids is 1. The van der Waals surface area contributed by atoms with Crippen molar-refractivity contribution in [3.63, 3.8) is 0 Å². The number of hydrazine groups is 2. The summed E-state index contributed by atoms with van der Waals surface area (Å²) in [6.45, 7) is 0.0740. The molecule has 11 nitrogen and oxygen atoms in total. The number of amides is 1. The van der Waals surface area contributed by atoms with Crippen LogP contribution in [0.4, 0.5) is 0 Å². The van der Waals surface area contributed by atoms with Crippen molar-refractivity contribution >= 4 is 19.0 Å². The summed E-state index contributed by atoms with van der Waals surface area (Å²) >= 11 is 0. The third-order valence-electron chi connectivity index (χ3n) is 4.41. The Balaban J connectivity index is 1.58. The number of hydrogen-bond donors (Lipinski definition) is 7. The van der Waals surface area contributed by atoms with E-state index in [1.807, 2.05) is 0 Å². The van der Waals surface area contributed by atoms with Crippen molar-refractivity contribution in [2.45, 2.75) is 24.9 Å². The van der Waals surface area contributed by atoms with Crippen LogP contribution in [0.15, 0.2) is 30.1 Å². The molecule has 0 saturated heterocycles. The molecular weight excluding hydrogens is 369 g/mol. The van der Waals surface area contributed by atoms with Gasteiger partial charge in [-0.3, -0.25) is 9.80 Å². The molecule has 8 N–H and O–H groups in total. The Kier molecular flexibility index (Phi) is 6.04. The van der Waals surface area contributed by atoms with Crippen LogP contribution in [0.5, 0.6) is 5.75 Å². The fourth-order valence-electron chi connectivity index (χ4n) is 3.05. The number of aliphatic hydroxyl groups excluding tert-OH is 1. The first-order valence-corrected chi connectivity index (χ1v) is 8.73. The number of aromatic carboxylic acids is 1. The minimum absolute atomic E-state index is 0.0361. The summed E-state index contributed by atoms with van der Waals surface area (Å²) in [4.78, 5) is 23.6. The molecule has 0 fully saturated rings. The Morgan fingerprint density at radius 3 is 2.96 bits per heavy atom. The lowest BCUT2D eigenvalue weighted by molar-refractivity contribution is -0.122. The monoisotopic (exact) mass is 391 g/mol. The van der Waals surface area contributed by atoms with Gasteiger partial charge in [0.1, 0.15) is 12.3 Å². The van der Waals surface area contributed by atoms with Gasteiger partial charge < -0.3 is 36.4 Å². The van der Waals surface area contributed by atoms with Crippen LogP contribution in [-0.2, 0) is 11.2 Å². The third-order valence-corrected chi connectivity index (χ3v) is 4.41. The van der Waals surface area contributed by atoms with E-state index in [0.717, 1.165) is 0 Å². The number of rotatable bonds is 7. The molecule has 1 aromatic rings. The number of hydrogen-bond acceptors (Lipinski definition) is 9. The average Bonchev–Trinajstić information content (AvgIpc) is 3.08. The molecule has 3 rings (SSSR count). The lowest BCUT2D eigenvalue weighted by Gasteiger charge is -2.29. The number of carbonyl (C=O) groups is 2. The van der Waals surface area contributed by atoms with Crippen LogP contribution in [0.3, 0.4) is 0 Å². The summed E-state index contributed by atoms with van der Waals surface area (Å²) in [6.07, 6.45) is 1.51. The molecule has 1 unspecified atom stereocenters. The van der Waals surface area contributed by atoms with E-state index in [1.165, 1.54) is 11.1 Å². The highest BCUT2D eigenvalue weighted by atomic mass is 16.5. The Hall–Kier alpha value is -2.80. The lowest BCUT2D eigenvalue weighted by atomic mass is 9.72. The second kappa shape index (κ2) is 8.48.